The first-order valence-electron chi connectivity index (χ1n) is 12.2. The Balaban J connectivity index is 1.24. The van der Waals surface area contributed by atoms with Crippen LogP contribution in [0.3, 0.4) is 0 Å². The van der Waals surface area contributed by atoms with Crippen LogP contribution in [0, 0.1) is 11.8 Å². The second-order valence-electron chi connectivity index (χ2n) is 8.86. The van der Waals surface area contributed by atoms with E-state index in [1.165, 1.54) is 22.7 Å². The Labute approximate surface area is 235 Å². The second-order valence-corrected chi connectivity index (χ2v) is 12.1. The molecular weight excluding hydrogens is 559 g/mol. The van der Waals surface area contributed by atoms with Crippen molar-refractivity contribution in [2.75, 3.05) is 65.0 Å². The third-order valence-corrected chi connectivity index (χ3v) is 9.34. The SMILES string of the molecule is COc1cc(COC[C@H]2CC=C(Cl)[C@@H]2CNc2cc(CO)c(Cl)s2)sc1C(=O)OCCN1CCOCC1. The maximum absolute atomic E-state index is 12.6. The summed E-state index contributed by atoms with van der Waals surface area (Å²) in [6.45, 7) is 5.63. The van der Waals surface area contributed by atoms with Crippen LogP contribution in [0.2, 0.25) is 4.34 Å². The van der Waals surface area contributed by atoms with Crippen LogP contribution in [0.25, 0.3) is 0 Å². The molecule has 0 aromatic carbocycles. The minimum Gasteiger partial charge on any atom is -0.495 e. The summed E-state index contributed by atoms with van der Waals surface area (Å²) in [5, 5.41) is 14.5. The van der Waals surface area contributed by atoms with Gasteiger partial charge in [0.2, 0.25) is 0 Å². The van der Waals surface area contributed by atoms with Gasteiger partial charge >= 0.3 is 5.97 Å². The zero-order chi connectivity index (χ0) is 26.2. The molecule has 1 fully saturated rings. The van der Waals surface area contributed by atoms with Crippen LogP contribution in [0.4, 0.5) is 5.00 Å². The third-order valence-electron chi connectivity index (χ3n) is 6.44. The zero-order valence-corrected chi connectivity index (χ0v) is 23.8. The van der Waals surface area contributed by atoms with Crippen molar-refractivity contribution >= 4 is 56.8 Å². The van der Waals surface area contributed by atoms with Crippen LogP contribution in [0.1, 0.15) is 26.5 Å². The fourth-order valence-electron chi connectivity index (χ4n) is 4.32. The lowest BCUT2D eigenvalue weighted by Gasteiger charge is -2.26. The van der Waals surface area contributed by atoms with Gasteiger partial charge in [0.05, 0.1) is 45.1 Å². The number of methoxy groups -OCH3 is 1. The Hall–Kier alpha value is -1.37. The van der Waals surface area contributed by atoms with Crippen LogP contribution < -0.4 is 10.1 Å². The van der Waals surface area contributed by atoms with Crippen molar-refractivity contribution in [2.24, 2.45) is 11.8 Å². The van der Waals surface area contributed by atoms with Gasteiger partial charge < -0.3 is 29.4 Å². The number of hydrogen-bond acceptors (Lipinski definition) is 10. The van der Waals surface area contributed by atoms with E-state index in [9.17, 15) is 9.90 Å². The molecule has 37 heavy (non-hydrogen) atoms. The molecule has 12 heteroatoms. The number of anilines is 1. The summed E-state index contributed by atoms with van der Waals surface area (Å²) in [6, 6.07) is 3.70. The van der Waals surface area contributed by atoms with E-state index in [0.717, 1.165) is 34.4 Å². The van der Waals surface area contributed by atoms with Crippen molar-refractivity contribution in [2.45, 2.75) is 19.6 Å². The fourth-order valence-corrected chi connectivity index (χ4v) is 6.79. The molecule has 8 nitrogen and oxygen atoms in total. The van der Waals surface area contributed by atoms with E-state index in [1.807, 2.05) is 18.2 Å². The fraction of sp³-hybridized carbons (Fsp3) is 0.560. The number of carbonyl (C=O) groups excluding carboxylic acids is 1. The van der Waals surface area contributed by atoms with E-state index in [4.69, 9.17) is 42.1 Å². The van der Waals surface area contributed by atoms with Gasteiger partial charge in [0.25, 0.3) is 0 Å². The molecule has 0 amide bonds. The quantitative estimate of drug-likeness (QED) is 0.320. The van der Waals surface area contributed by atoms with Crippen molar-refractivity contribution in [3.8, 4) is 5.75 Å². The minimum absolute atomic E-state index is 0.0844. The highest BCUT2D eigenvalue weighted by molar-refractivity contribution is 7.20. The third kappa shape index (κ3) is 7.83. The Morgan fingerprint density at radius 2 is 2.08 bits per heavy atom. The zero-order valence-electron chi connectivity index (χ0n) is 20.7. The normalized spacial score (nSPS) is 20.2. The lowest BCUT2D eigenvalue weighted by Crippen LogP contribution is -2.38. The second kappa shape index (κ2) is 14.1. The van der Waals surface area contributed by atoms with Crippen molar-refractivity contribution < 1.29 is 28.8 Å². The summed E-state index contributed by atoms with van der Waals surface area (Å²) < 4.78 is 22.9. The molecular formula is C25H32Cl2N2O6S2. The van der Waals surface area contributed by atoms with Crippen molar-refractivity contribution in [3.05, 3.63) is 42.9 Å². The molecule has 0 spiro atoms. The number of ether oxygens (including phenoxy) is 4. The summed E-state index contributed by atoms with van der Waals surface area (Å²) in [6.07, 6.45) is 2.88. The summed E-state index contributed by atoms with van der Waals surface area (Å²) in [5.74, 6) is 0.482. The largest absolute Gasteiger partial charge is 0.495 e. The van der Waals surface area contributed by atoms with Gasteiger partial charge in [-0.25, -0.2) is 4.79 Å². The molecule has 204 valence electrons. The number of aliphatic hydroxyl groups is 1. The van der Waals surface area contributed by atoms with Crippen LogP contribution in [-0.2, 0) is 27.4 Å². The monoisotopic (exact) mass is 590 g/mol. The topological polar surface area (TPSA) is 89.5 Å². The van der Waals surface area contributed by atoms with Gasteiger partial charge in [-0.15, -0.1) is 22.7 Å². The van der Waals surface area contributed by atoms with E-state index >= 15 is 0 Å². The molecule has 0 unspecified atom stereocenters. The highest BCUT2D eigenvalue weighted by atomic mass is 35.5. The Bertz CT molecular complexity index is 1070. The maximum Gasteiger partial charge on any atom is 0.352 e. The molecule has 2 aromatic rings. The number of esters is 1. The van der Waals surface area contributed by atoms with Gasteiger partial charge in [-0.3, -0.25) is 4.90 Å². The first kappa shape index (κ1) is 28.6. The van der Waals surface area contributed by atoms with Crippen LogP contribution in [0.15, 0.2) is 23.2 Å². The highest BCUT2D eigenvalue weighted by Crippen LogP contribution is 2.37. The van der Waals surface area contributed by atoms with Crippen LogP contribution >= 0.6 is 45.9 Å². The van der Waals surface area contributed by atoms with E-state index < -0.39 is 0 Å². The van der Waals surface area contributed by atoms with E-state index in [0.29, 0.717) is 66.7 Å². The van der Waals surface area contributed by atoms with Crippen molar-refractivity contribution in [3.63, 3.8) is 0 Å². The molecule has 1 aliphatic carbocycles. The number of rotatable bonds is 13. The number of nitrogens with zero attached hydrogens (tertiary/aromatic N) is 1. The van der Waals surface area contributed by atoms with E-state index in [1.54, 1.807) is 7.11 Å². The number of nitrogens with one attached hydrogen (secondary N) is 1. The standard InChI is InChI=1S/C25H32Cl2N2O6S2/c1-32-21-11-18(36-23(21)25(31)35-9-6-29-4-7-33-8-5-29)15-34-14-16-2-3-20(26)19(16)12-28-22-10-17(13-30)24(27)37-22/h3,10-11,16,19,28,30H,2,4-9,12-15H2,1H3/t16-,19-/m1/s1. The average Bonchev–Trinajstić information content (AvgIpc) is 3.59. The number of allylic oxidation sites excluding steroid dienone is 1. The lowest BCUT2D eigenvalue weighted by atomic mass is 9.96. The maximum atomic E-state index is 12.6. The van der Waals surface area contributed by atoms with Gasteiger partial charge in [-0.05, 0) is 24.5 Å². The van der Waals surface area contributed by atoms with Crippen molar-refractivity contribution in [1.29, 1.82) is 0 Å². The van der Waals surface area contributed by atoms with Crippen molar-refractivity contribution in [1.82, 2.24) is 4.90 Å². The number of carbonyl (C=O) groups is 1. The summed E-state index contributed by atoms with van der Waals surface area (Å²) >= 11 is 15.4. The molecule has 2 aromatic heterocycles. The molecule has 3 heterocycles. The molecule has 2 aliphatic rings. The smallest absolute Gasteiger partial charge is 0.352 e. The predicted molar refractivity (Wildman–Crippen MR) is 147 cm³/mol. The van der Waals surface area contributed by atoms with Gasteiger partial charge in [0, 0.05) is 47.6 Å². The Morgan fingerprint density at radius 1 is 1.27 bits per heavy atom. The number of thiophene rings is 2. The molecule has 4 rings (SSSR count). The number of morpholine rings is 1. The summed E-state index contributed by atoms with van der Waals surface area (Å²) in [5.41, 5.74) is 0.717. The molecule has 1 aliphatic heterocycles. The van der Waals surface area contributed by atoms with Gasteiger partial charge in [-0.1, -0.05) is 29.3 Å². The van der Waals surface area contributed by atoms with E-state index in [-0.39, 0.29) is 24.4 Å². The van der Waals surface area contributed by atoms with Gasteiger partial charge in [0.1, 0.15) is 16.7 Å². The minimum atomic E-state index is -0.377. The molecule has 1 saturated heterocycles. The molecule has 0 saturated carbocycles. The molecule has 0 bridgehead atoms. The lowest BCUT2D eigenvalue weighted by molar-refractivity contribution is 0.0196. The van der Waals surface area contributed by atoms with Crippen LogP contribution in [0.5, 0.6) is 5.75 Å². The first-order valence-corrected chi connectivity index (χ1v) is 14.6. The predicted octanol–water partition coefficient (Wildman–Crippen LogP) is 4.84. The number of aliphatic hydroxyl groups excluding tert-OH is 1. The molecule has 2 N–H and O–H groups in total. The summed E-state index contributed by atoms with van der Waals surface area (Å²) in [4.78, 5) is 16.2. The van der Waals surface area contributed by atoms with Gasteiger partial charge in [-0.2, -0.15) is 0 Å². The van der Waals surface area contributed by atoms with Crippen LogP contribution in [-0.4, -0.2) is 75.7 Å². The Kier molecular flexibility index (Phi) is 10.9. The first-order chi connectivity index (χ1) is 18.0. The Morgan fingerprint density at radius 3 is 2.81 bits per heavy atom. The summed E-state index contributed by atoms with van der Waals surface area (Å²) in [7, 11) is 1.55. The average molecular weight is 592 g/mol. The molecule has 2 atom stereocenters. The highest BCUT2D eigenvalue weighted by Gasteiger charge is 2.29. The van der Waals surface area contributed by atoms with Gasteiger partial charge in [0.15, 0.2) is 4.88 Å². The number of halogens is 2. The molecule has 0 radical (unpaired) electrons. The van der Waals surface area contributed by atoms with E-state index in [2.05, 4.69) is 10.2 Å². The number of hydrogen-bond donors (Lipinski definition) is 2.